The first-order valence-corrected chi connectivity index (χ1v) is 12.5. The fourth-order valence-electron chi connectivity index (χ4n) is 4.81. The van der Waals surface area contributed by atoms with E-state index in [4.69, 9.17) is 0 Å². The molecule has 2 aliphatic rings. The van der Waals surface area contributed by atoms with Crippen molar-refractivity contribution in [2.75, 3.05) is 38.5 Å². The Morgan fingerprint density at radius 2 is 1.78 bits per heavy atom. The van der Waals surface area contributed by atoms with Crippen LogP contribution in [0.4, 0.5) is 5.00 Å². The molecule has 32 heavy (non-hydrogen) atoms. The molecule has 1 fully saturated rings. The molecule has 1 aliphatic heterocycles. The Bertz CT molecular complexity index is 1010. The summed E-state index contributed by atoms with van der Waals surface area (Å²) in [5.74, 6) is 0.520. The molecule has 172 valence electrons. The topological polar surface area (TPSA) is 52.7 Å². The largest absolute Gasteiger partial charge is 0.336 e. The van der Waals surface area contributed by atoms with Gasteiger partial charge in [0.2, 0.25) is 0 Å². The number of likely N-dealkylation sites (N-methyl/N-ethyl adjacent to an activating group) is 1. The number of rotatable bonds is 3. The summed E-state index contributed by atoms with van der Waals surface area (Å²) in [4.78, 5) is 32.3. The van der Waals surface area contributed by atoms with Crippen molar-refractivity contribution in [1.29, 1.82) is 0 Å². The Morgan fingerprint density at radius 3 is 2.44 bits per heavy atom. The van der Waals surface area contributed by atoms with Gasteiger partial charge in [0.25, 0.3) is 11.8 Å². The van der Waals surface area contributed by atoms with Crippen molar-refractivity contribution in [3.8, 4) is 0 Å². The van der Waals surface area contributed by atoms with Crippen LogP contribution in [0.25, 0.3) is 0 Å². The van der Waals surface area contributed by atoms with Crippen LogP contribution in [-0.2, 0) is 12.8 Å². The van der Waals surface area contributed by atoms with Crippen molar-refractivity contribution in [2.45, 2.75) is 47.0 Å². The summed E-state index contributed by atoms with van der Waals surface area (Å²) in [6.45, 7) is 12.1. The maximum atomic E-state index is 13.7. The predicted molar refractivity (Wildman–Crippen MR) is 132 cm³/mol. The summed E-state index contributed by atoms with van der Waals surface area (Å²) in [6.07, 6.45) is 2.97. The molecule has 1 saturated heterocycles. The number of hydrogen-bond acceptors (Lipinski definition) is 4. The highest BCUT2D eigenvalue weighted by Crippen LogP contribution is 2.44. The normalized spacial score (nSPS) is 19.5. The van der Waals surface area contributed by atoms with Crippen LogP contribution in [0.2, 0.25) is 0 Å². The minimum atomic E-state index is -0.138. The summed E-state index contributed by atoms with van der Waals surface area (Å²) in [6, 6.07) is 7.60. The van der Waals surface area contributed by atoms with E-state index in [0.717, 1.165) is 61.6 Å². The number of nitrogens with one attached hydrogen (secondary N) is 1. The summed E-state index contributed by atoms with van der Waals surface area (Å²) < 4.78 is 0. The zero-order valence-corrected chi connectivity index (χ0v) is 20.8. The van der Waals surface area contributed by atoms with E-state index in [-0.39, 0.29) is 17.2 Å². The van der Waals surface area contributed by atoms with Crippen molar-refractivity contribution < 1.29 is 9.59 Å². The molecule has 1 aromatic carbocycles. The van der Waals surface area contributed by atoms with E-state index in [1.165, 1.54) is 10.4 Å². The quantitative estimate of drug-likeness (QED) is 0.723. The van der Waals surface area contributed by atoms with Crippen molar-refractivity contribution in [3.05, 3.63) is 51.4 Å². The predicted octanol–water partition coefficient (Wildman–Crippen LogP) is 4.85. The fraction of sp³-hybridized carbons (Fsp3) is 0.538. The van der Waals surface area contributed by atoms with Crippen LogP contribution in [0, 0.1) is 18.3 Å². The first-order valence-electron chi connectivity index (χ1n) is 11.6. The van der Waals surface area contributed by atoms with Gasteiger partial charge in [-0.05, 0) is 61.8 Å². The van der Waals surface area contributed by atoms with Gasteiger partial charge in [-0.25, -0.2) is 0 Å². The maximum Gasteiger partial charge on any atom is 0.257 e. The smallest absolute Gasteiger partial charge is 0.257 e. The van der Waals surface area contributed by atoms with E-state index in [1.807, 2.05) is 36.1 Å². The Hall–Kier alpha value is -2.18. The first-order chi connectivity index (χ1) is 15.1. The van der Waals surface area contributed by atoms with Crippen molar-refractivity contribution >= 4 is 28.2 Å². The number of piperazine rings is 1. The third-order valence-corrected chi connectivity index (χ3v) is 8.28. The van der Waals surface area contributed by atoms with Crippen LogP contribution in [0.3, 0.4) is 0 Å². The molecule has 0 saturated carbocycles. The summed E-state index contributed by atoms with van der Waals surface area (Å²) in [5.41, 5.74) is 3.73. The zero-order valence-electron chi connectivity index (χ0n) is 20.0. The third-order valence-electron chi connectivity index (χ3n) is 7.11. The minimum Gasteiger partial charge on any atom is -0.336 e. The van der Waals surface area contributed by atoms with Gasteiger partial charge in [0.05, 0.1) is 5.56 Å². The van der Waals surface area contributed by atoms with Crippen LogP contribution >= 0.6 is 11.3 Å². The molecule has 5 nitrogen and oxygen atoms in total. The molecule has 2 aromatic rings. The molecule has 0 spiro atoms. The van der Waals surface area contributed by atoms with Gasteiger partial charge in [-0.1, -0.05) is 39.0 Å². The van der Waals surface area contributed by atoms with Gasteiger partial charge in [0.15, 0.2) is 0 Å². The lowest BCUT2D eigenvalue weighted by Crippen LogP contribution is -2.47. The monoisotopic (exact) mass is 453 g/mol. The lowest BCUT2D eigenvalue weighted by Gasteiger charge is -2.35. The number of amides is 2. The van der Waals surface area contributed by atoms with Gasteiger partial charge >= 0.3 is 0 Å². The third kappa shape index (κ3) is 4.62. The molecule has 1 aromatic heterocycles. The van der Waals surface area contributed by atoms with Crippen LogP contribution in [0.15, 0.2) is 24.3 Å². The number of anilines is 1. The number of hydrogen-bond donors (Lipinski definition) is 1. The molecular weight excluding hydrogens is 418 g/mol. The van der Waals surface area contributed by atoms with Crippen molar-refractivity contribution in [3.63, 3.8) is 0 Å². The van der Waals surface area contributed by atoms with Crippen molar-refractivity contribution in [1.82, 2.24) is 9.80 Å². The Balaban J connectivity index is 1.68. The second kappa shape index (κ2) is 8.99. The number of benzene rings is 1. The zero-order chi connectivity index (χ0) is 23.0. The van der Waals surface area contributed by atoms with E-state index in [2.05, 4.69) is 38.0 Å². The molecule has 1 N–H and O–H groups in total. The average Bonchev–Trinajstić information content (AvgIpc) is 3.10. The number of aryl methyl sites for hydroxylation is 1. The SMILES string of the molecule is Cc1ccccc1C(=O)Nc1sc2c(c1C(=O)N1CCN(C)CC1)CCC(C(C)(C)C)C2. The van der Waals surface area contributed by atoms with E-state index in [0.29, 0.717) is 11.5 Å². The van der Waals surface area contributed by atoms with Gasteiger partial charge in [0, 0.05) is 36.6 Å². The van der Waals surface area contributed by atoms with Crippen molar-refractivity contribution in [2.24, 2.45) is 11.3 Å². The van der Waals surface area contributed by atoms with Gasteiger partial charge in [-0.15, -0.1) is 11.3 Å². The van der Waals surface area contributed by atoms with Crippen LogP contribution in [0.5, 0.6) is 0 Å². The lowest BCUT2D eigenvalue weighted by atomic mass is 9.72. The van der Waals surface area contributed by atoms with Crippen LogP contribution in [0.1, 0.15) is 63.9 Å². The molecule has 0 radical (unpaired) electrons. The van der Waals surface area contributed by atoms with Gasteiger partial charge < -0.3 is 15.1 Å². The molecule has 1 unspecified atom stereocenters. The minimum absolute atomic E-state index is 0.0740. The Labute approximate surface area is 195 Å². The maximum absolute atomic E-state index is 13.7. The number of carbonyl (C=O) groups excluding carboxylic acids is 2. The molecular formula is C26H35N3O2S. The molecule has 2 amide bonds. The highest BCUT2D eigenvalue weighted by Gasteiger charge is 2.35. The second-order valence-electron chi connectivity index (χ2n) is 10.4. The molecule has 6 heteroatoms. The fourth-order valence-corrected chi connectivity index (χ4v) is 6.12. The summed E-state index contributed by atoms with van der Waals surface area (Å²) in [7, 11) is 2.09. The molecule has 2 heterocycles. The van der Waals surface area contributed by atoms with E-state index >= 15 is 0 Å². The van der Waals surface area contributed by atoms with Gasteiger partial charge in [0.1, 0.15) is 5.00 Å². The average molecular weight is 454 g/mol. The number of thiophene rings is 1. The van der Waals surface area contributed by atoms with Gasteiger partial charge in [-0.3, -0.25) is 9.59 Å². The lowest BCUT2D eigenvalue weighted by molar-refractivity contribution is 0.0664. The Morgan fingerprint density at radius 1 is 1.09 bits per heavy atom. The number of fused-ring (bicyclic) bond motifs is 1. The highest BCUT2D eigenvalue weighted by atomic mass is 32.1. The summed E-state index contributed by atoms with van der Waals surface area (Å²) >= 11 is 1.61. The number of carbonyl (C=O) groups is 2. The van der Waals surface area contributed by atoms with E-state index < -0.39 is 0 Å². The number of nitrogens with zero attached hydrogens (tertiary/aromatic N) is 2. The van der Waals surface area contributed by atoms with Crippen LogP contribution < -0.4 is 5.32 Å². The van der Waals surface area contributed by atoms with Gasteiger partial charge in [-0.2, -0.15) is 0 Å². The summed E-state index contributed by atoms with van der Waals surface area (Å²) in [5, 5.41) is 3.85. The standard InChI is InChI=1S/C26H35N3O2S/c1-17-8-6-7-9-19(17)23(30)27-24-22(25(31)29-14-12-28(5)13-15-29)20-11-10-18(26(2,3)4)16-21(20)32-24/h6-9,18H,10-16H2,1-5H3,(H,27,30). The Kier molecular flexibility index (Phi) is 6.46. The second-order valence-corrected chi connectivity index (χ2v) is 11.5. The molecule has 1 aliphatic carbocycles. The molecule has 1 atom stereocenters. The highest BCUT2D eigenvalue weighted by molar-refractivity contribution is 7.17. The molecule has 4 rings (SSSR count). The molecule has 0 bridgehead atoms. The first kappa shape index (κ1) is 23.0. The van der Waals surface area contributed by atoms with E-state index in [9.17, 15) is 9.59 Å². The van der Waals surface area contributed by atoms with E-state index in [1.54, 1.807) is 11.3 Å². The van der Waals surface area contributed by atoms with Crippen LogP contribution in [-0.4, -0.2) is 54.8 Å².